The number of fused-ring (bicyclic) bond motifs is 8. The third-order valence-corrected chi connectivity index (χ3v) is 30.4. The minimum atomic E-state index is -3.49. The molecule has 32 nitrogen and oxygen atoms in total. The number of carboxylic acids is 2. The Bertz CT molecular complexity index is 5070. The summed E-state index contributed by atoms with van der Waals surface area (Å²) in [5, 5.41) is 34.3. The van der Waals surface area contributed by atoms with E-state index in [9.17, 15) is 57.0 Å². The molecule has 0 spiro atoms. The summed E-state index contributed by atoms with van der Waals surface area (Å²) in [7, 11) is -3.49. The molecule has 2 aromatic heterocycles. The average molecular weight is 1830 g/mol. The van der Waals surface area contributed by atoms with E-state index in [0.717, 1.165) is 153 Å². The van der Waals surface area contributed by atoms with Crippen LogP contribution < -0.4 is 50.9 Å². The Hall–Kier alpha value is -8.93. The summed E-state index contributed by atoms with van der Waals surface area (Å²) in [4.78, 5) is 129. The quantitative estimate of drug-likeness (QED) is 0.0181. The molecular weight excluding hydrogens is 1710 g/mol. The maximum atomic E-state index is 14.6. The number of nitrogens with one attached hydrogen (secondary N) is 5. The Labute approximate surface area is 755 Å². The molecule has 14 aliphatic rings. The Kier molecular flexibility index (Phi) is 28.2. The van der Waals surface area contributed by atoms with Gasteiger partial charge in [-0.1, -0.05) is 98.0 Å². The lowest BCUT2D eigenvalue weighted by Gasteiger charge is -2.29. The van der Waals surface area contributed by atoms with Crippen molar-refractivity contribution in [3.05, 3.63) is 99.8 Å². The molecule has 5 aromatic rings. The van der Waals surface area contributed by atoms with Crippen LogP contribution in [0, 0.1) is 42.4 Å². The van der Waals surface area contributed by atoms with Crippen LogP contribution in [-0.4, -0.2) is 248 Å². The number of allylic oxidation sites excluding steroid dienone is 1. The van der Waals surface area contributed by atoms with Gasteiger partial charge in [0.25, 0.3) is 10.0 Å². The van der Waals surface area contributed by atoms with Gasteiger partial charge in [0.1, 0.15) is 106 Å². The lowest BCUT2D eigenvalue weighted by molar-refractivity contribution is -0.146. The zero-order valence-corrected chi connectivity index (χ0v) is 74.9. The number of carboxylic acid groups (broad SMARTS) is 2. The molecule has 14 atom stereocenters. The Morgan fingerprint density at radius 2 is 0.992 bits per heavy atom. The second-order valence-corrected chi connectivity index (χ2v) is 40.2. The maximum Gasteiger partial charge on any atom is 0.408 e. The number of rotatable bonds is 22. The number of alkyl carbamates (subject to hydrolysis) is 2. The van der Waals surface area contributed by atoms with Crippen LogP contribution in [0.4, 0.5) is 9.59 Å². The number of aliphatic carboxylic acids is 2. The summed E-state index contributed by atoms with van der Waals surface area (Å²) in [6.45, 7) is 10.7. The zero-order chi connectivity index (χ0) is 89.1. The molecule has 8 aliphatic carbocycles. The van der Waals surface area contributed by atoms with Gasteiger partial charge < -0.3 is 79.2 Å². The fourth-order valence-corrected chi connectivity index (χ4v) is 21.4. The van der Waals surface area contributed by atoms with Crippen molar-refractivity contribution in [1.82, 2.24) is 55.7 Å². The van der Waals surface area contributed by atoms with E-state index in [2.05, 4.69) is 31.1 Å². The smallest absolute Gasteiger partial charge is 0.408 e. The number of sulfonamides is 1. The highest BCUT2D eigenvalue weighted by Crippen LogP contribution is 2.55. The number of benzene rings is 3. The van der Waals surface area contributed by atoms with E-state index in [1.165, 1.54) is 34.8 Å². The fraction of sp³-hybridized carbons (Fsp3) is 0.634. The van der Waals surface area contributed by atoms with Crippen LogP contribution in [0.15, 0.2) is 77.7 Å². The van der Waals surface area contributed by atoms with E-state index in [4.69, 9.17) is 76.9 Å². The molecule has 6 amide bonds. The second-order valence-electron chi connectivity index (χ2n) is 37.7. The number of aromatic nitrogens is 2. The number of nitrogens with two attached hydrogens (primary N) is 1. The largest absolute Gasteiger partial charge is 0.491 e. The molecular formula is C93H120Cl2N12O20S. The number of amides is 6. The zero-order valence-electron chi connectivity index (χ0n) is 72.6. The van der Waals surface area contributed by atoms with Crippen molar-refractivity contribution in [2.45, 2.75) is 250 Å². The molecule has 128 heavy (non-hydrogen) atoms. The number of hydrazine groups is 1. The van der Waals surface area contributed by atoms with Gasteiger partial charge >= 0.3 is 24.1 Å². The first-order valence-corrected chi connectivity index (χ1v) is 48.7. The Morgan fingerprint density at radius 1 is 0.547 bits per heavy atom. The normalized spacial score (nSPS) is 31.0. The van der Waals surface area contributed by atoms with Crippen molar-refractivity contribution >= 4 is 103 Å². The van der Waals surface area contributed by atoms with Gasteiger partial charge in [0.2, 0.25) is 23.6 Å². The topological polar surface area (TPSA) is 410 Å². The summed E-state index contributed by atoms with van der Waals surface area (Å²) in [5.41, 5.74) is 1.06. The number of halogens is 2. The lowest BCUT2D eigenvalue weighted by Crippen LogP contribution is -2.56. The molecule has 0 bridgehead atoms. The highest BCUT2D eigenvalue weighted by molar-refractivity contribution is 7.89. The minimum Gasteiger partial charge on any atom is -0.491 e. The number of hydrogen-bond donors (Lipinski definition) is 8. The highest BCUT2D eigenvalue weighted by Gasteiger charge is 2.63. The number of pyridine rings is 2. The molecule has 35 heteroatoms. The van der Waals surface area contributed by atoms with Crippen LogP contribution in [0.25, 0.3) is 21.8 Å². The van der Waals surface area contributed by atoms with Gasteiger partial charge in [0, 0.05) is 104 Å². The average Bonchev–Trinajstić information content (AvgIpc) is 1.59. The van der Waals surface area contributed by atoms with Crippen molar-refractivity contribution in [3.63, 3.8) is 0 Å². The molecule has 6 aliphatic heterocycles. The molecule has 4 unspecified atom stereocenters. The van der Waals surface area contributed by atoms with Crippen molar-refractivity contribution in [2.75, 3.05) is 92.0 Å². The van der Waals surface area contributed by atoms with E-state index >= 15 is 0 Å². The van der Waals surface area contributed by atoms with Gasteiger partial charge in [-0.3, -0.25) is 44.8 Å². The number of morpholine rings is 2. The number of hydrogen-bond acceptors (Lipinski definition) is 23. The standard InChI is InChI=1S/C43H56ClN5O9.C43H54ClN5O9.C7H10N2O2S/c2*44-37-35(56-17-14-48-12-15-55-16-13-48)11-10-31-36(22-33(25-8-9-25)45-38(31)37)57-30-21-34-39(50)47-43(41(52)53)23-28(43)6-4-2-1-3-5-7-32(40(51)49(34)24-30)46-42(54)58-29-19-26-18-27(26)20-29;1-6-2-4-7(5-3-6)12(10,11)9-8/h10-11,22,25-30,32,34H,1-9,12-21,23-24H2,(H,46,54)(H,47,50)(H,52,53);4,6,10-11,22,25-30,32,34H,1-3,5,7-9,12-21,23-24H2,(H,46,54)(H,47,50)(H,52,53);2-5,9H,8H2,1H3/b;6-4-;/t2*26?,27?,28-,29?,30-,32+,34+,43-;/m11./s1. The number of aryl methyl sites for hydroxylation is 1. The van der Waals surface area contributed by atoms with Gasteiger partial charge in [-0.15, -0.1) is 0 Å². The van der Waals surface area contributed by atoms with E-state index in [1.54, 1.807) is 17.0 Å². The van der Waals surface area contributed by atoms with E-state index in [0.29, 0.717) is 157 Å². The lowest BCUT2D eigenvalue weighted by atomic mass is 10.0. The van der Waals surface area contributed by atoms with Gasteiger partial charge in [-0.05, 0) is 182 Å². The van der Waals surface area contributed by atoms with Crippen molar-refractivity contribution < 1.29 is 94.9 Å². The van der Waals surface area contributed by atoms with Crippen LogP contribution in [-0.2, 0) is 57.7 Å². The first-order valence-electron chi connectivity index (χ1n) is 46.4. The monoisotopic (exact) mass is 1830 g/mol. The SMILES string of the molecule is Cc1ccc(S(=O)(=O)NN)cc1.O=C(N[C@H]1CCCCC/C=C\[C@@H]2C[C@@]2(C(=O)O)NC(=O)[C@@H]2C[C@@H](Oc3cc(C4CC4)nc4c(Cl)c(OCCN5CCOCC5)ccc34)CN2C1=O)OC1CC2CC2C1.O=C(N[C@H]1CCCCCCC[C@@H]2C[C@@]2(C(=O)O)NC(=O)[C@@H]2C[C@@H](Oc3cc(C4CC4)nc4c(Cl)c(OCCN5CCOCC5)ccc34)CN2C1=O)OC1CC2CC2C1. The first kappa shape index (κ1) is 91.0. The summed E-state index contributed by atoms with van der Waals surface area (Å²) < 4.78 is 70.5. The van der Waals surface area contributed by atoms with Crippen LogP contribution in [0.1, 0.15) is 196 Å². The number of ether oxygens (including phenoxy) is 8. The van der Waals surface area contributed by atoms with E-state index in [1.807, 2.05) is 55.5 Å². The molecule has 8 heterocycles. The predicted octanol–water partition coefficient (Wildman–Crippen LogP) is 10.8. The van der Waals surface area contributed by atoms with Crippen LogP contribution in [0.5, 0.6) is 23.0 Å². The number of carbonyl (C=O) groups is 8. The van der Waals surface area contributed by atoms with Crippen LogP contribution >= 0.6 is 23.2 Å². The molecule has 5 saturated heterocycles. The van der Waals surface area contributed by atoms with E-state index < -0.39 is 105 Å². The molecule has 8 saturated carbocycles. The molecule has 13 fully saturated rings. The molecule has 19 rings (SSSR count). The molecule has 9 N–H and O–H groups in total. The number of nitrogens with zero attached hydrogens (tertiary/aromatic N) is 6. The van der Waals surface area contributed by atoms with Gasteiger partial charge in [0.15, 0.2) is 0 Å². The fourth-order valence-electron chi connectivity index (χ4n) is 20.3. The van der Waals surface area contributed by atoms with Crippen molar-refractivity contribution in [1.29, 1.82) is 0 Å². The second kappa shape index (κ2) is 39.6. The summed E-state index contributed by atoms with van der Waals surface area (Å²) in [6.07, 6.45) is 20.7. The Morgan fingerprint density at radius 3 is 1.45 bits per heavy atom. The third kappa shape index (κ3) is 21.6. The predicted molar refractivity (Wildman–Crippen MR) is 472 cm³/mol. The van der Waals surface area contributed by atoms with Crippen LogP contribution in [0.2, 0.25) is 10.0 Å². The number of carbonyl (C=O) groups excluding carboxylic acids is 6. The summed E-state index contributed by atoms with van der Waals surface area (Å²) in [6, 6.07) is 13.8. The molecule has 3 aromatic carbocycles. The van der Waals surface area contributed by atoms with Crippen molar-refractivity contribution in [2.24, 2.45) is 41.4 Å². The van der Waals surface area contributed by atoms with Gasteiger partial charge in [-0.2, -0.15) is 4.83 Å². The summed E-state index contributed by atoms with van der Waals surface area (Å²) in [5.74, 6) is 5.51. The van der Waals surface area contributed by atoms with Crippen LogP contribution in [0.3, 0.4) is 0 Å². The van der Waals surface area contributed by atoms with Crippen molar-refractivity contribution in [3.8, 4) is 23.0 Å². The highest BCUT2D eigenvalue weighted by atomic mass is 35.5. The van der Waals surface area contributed by atoms with Gasteiger partial charge in [-0.25, -0.2) is 27.6 Å². The third-order valence-electron chi connectivity index (χ3n) is 28.5. The van der Waals surface area contributed by atoms with Gasteiger partial charge in [0.05, 0.1) is 55.4 Å². The molecule has 0 radical (unpaired) electrons. The maximum absolute atomic E-state index is 14.6. The molecule has 692 valence electrons. The Balaban J connectivity index is 0.000000159. The summed E-state index contributed by atoms with van der Waals surface area (Å²) >= 11 is 14.0. The van der Waals surface area contributed by atoms with E-state index in [-0.39, 0.29) is 73.1 Å². The minimum absolute atomic E-state index is 0.0541. The first-order chi connectivity index (χ1) is 61.9.